The molecule has 0 spiro atoms. The summed E-state index contributed by atoms with van der Waals surface area (Å²) in [6.45, 7) is 2.25. The predicted octanol–water partition coefficient (Wildman–Crippen LogP) is 1.13. The highest BCUT2D eigenvalue weighted by Crippen LogP contribution is 2.03. The number of nitrogens with zero attached hydrogens (tertiary/aromatic N) is 1. The fourth-order valence-corrected chi connectivity index (χ4v) is 0.962. The largest absolute Gasteiger partial charge is 0.411 e. The van der Waals surface area contributed by atoms with Gasteiger partial charge in [0.2, 0.25) is 0 Å². The highest BCUT2D eigenvalue weighted by molar-refractivity contribution is 6.01. The van der Waals surface area contributed by atoms with Gasteiger partial charge in [-0.3, -0.25) is 0 Å². The van der Waals surface area contributed by atoms with Crippen LogP contribution in [0.15, 0.2) is 29.4 Å². The van der Waals surface area contributed by atoms with Crippen LogP contribution >= 0.6 is 0 Å². The van der Waals surface area contributed by atoms with Crippen molar-refractivity contribution in [2.24, 2.45) is 10.9 Å². The summed E-state index contributed by atoms with van der Waals surface area (Å²) >= 11 is 0. The van der Waals surface area contributed by atoms with Gasteiger partial charge in [0.25, 0.3) is 0 Å². The Kier molecular flexibility index (Phi) is 2.82. The van der Waals surface area contributed by atoms with Crippen LogP contribution < -0.4 is 5.73 Å². The molecule has 0 heterocycles. The third-order valence-electron chi connectivity index (χ3n) is 1.70. The zero-order chi connectivity index (χ0) is 8.97. The normalized spacial score (nSPS) is 11.7. The Morgan fingerprint density at radius 1 is 1.42 bits per heavy atom. The number of benzene rings is 1. The van der Waals surface area contributed by atoms with Crippen molar-refractivity contribution in [3.05, 3.63) is 35.4 Å². The smallest absolute Gasteiger partial charge is 0.100 e. The molecule has 3 nitrogen and oxygen atoms in total. The fourth-order valence-electron chi connectivity index (χ4n) is 0.962. The SMILES string of the molecule is Cc1ccc(C(CN)=NO)cc1. The van der Waals surface area contributed by atoms with E-state index in [-0.39, 0.29) is 6.54 Å². The second-order valence-corrected chi connectivity index (χ2v) is 2.62. The molecule has 1 aromatic carbocycles. The van der Waals surface area contributed by atoms with Gasteiger partial charge in [0.15, 0.2) is 0 Å². The molecule has 0 aliphatic carbocycles. The van der Waals surface area contributed by atoms with E-state index in [0.717, 1.165) is 5.56 Å². The van der Waals surface area contributed by atoms with Gasteiger partial charge >= 0.3 is 0 Å². The monoisotopic (exact) mass is 164 g/mol. The van der Waals surface area contributed by atoms with Gasteiger partial charge in [-0.05, 0) is 6.92 Å². The molecule has 0 aliphatic rings. The van der Waals surface area contributed by atoms with Gasteiger partial charge in [-0.25, -0.2) is 0 Å². The summed E-state index contributed by atoms with van der Waals surface area (Å²) in [5.74, 6) is 0. The lowest BCUT2D eigenvalue weighted by Gasteiger charge is -2.00. The van der Waals surface area contributed by atoms with Gasteiger partial charge in [0, 0.05) is 12.1 Å². The lowest BCUT2D eigenvalue weighted by Crippen LogP contribution is -2.14. The first-order valence-electron chi connectivity index (χ1n) is 3.76. The van der Waals surface area contributed by atoms with Crippen molar-refractivity contribution < 1.29 is 5.21 Å². The van der Waals surface area contributed by atoms with Crippen molar-refractivity contribution in [1.82, 2.24) is 0 Å². The molecule has 0 saturated heterocycles. The van der Waals surface area contributed by atoms with Crippen molar-refractivity contribution in [2.45, 2.75) is 6.92 Å². The third kappa shape index (κ3) is 1.83. The number of oxime groups is 1. The standard InChI is InChI=1S/C9H12N2O/c1-7-2-4-8(5-3-7)9(6-10)11-12/h2-5,12H,6,10H2,1H3. The Morgan fingerprint density at radius 2 is 2.00 bits per heavy atom. The Labute approximate surface area is 71.5 Å². The van der Waals surface area contributed by atoms with E-state index in [0.29, 0.717) is 5.71 Å². The Morgan fingerprint density at radius 3 is 2.42 bits per heavy atom. The van der Waals surface area contributed by atoms with Crippen LogP contribution in [0.25, 0.3) is 0 Å². The average Bonchev–Trinajstić information content (AvgIpc) is 2.10. The molecule has 0 unspecified atom stereocenters. The molecule has 0 radical (unpaired) electrons. The van der Waals surface area contributed by atoms with E-state index in [1.54, 1.807) is 0 Å². The average molecular weight is 164 g/mol. The molecule has 0 bridgehead atoms. The molecule has 0 atom stereocenters. The number of rotatable bonds is 2. The molecule has 0 amide bonds. The number of nitrogens with two attached hydrogens (primary N) is 1. The molecule has 0 aromatic heterocycles. The van der Waals surface area contributed by atoms with Crippen LogP contribution in [0.5, 0.6) is 0 Å². The lowest BCUT2D eigenvalue weighted by molar-refractivity contribution is 0.318. The summed E-state index contributed by atoms with van der Waals surface area (Å²) in [5.41, 5.74) is 7.91. The molecule has 0 fully saturated rings. The maximum atomic E-state index is 8.56. The molecule has 3 N–H and O–H groups in total. The van der Waals surface area contributed by atoms with Crippen molar-refractivity contribution in [3.8, 4) is 0 Å². The quantitative estimate of drug-likeness (QED) is 0.391. The van der Waals surface area contributed by atoms with E-state index in [2.05, 4.69) is 5.16 Å². The van der Waals surface area contributed by atoms with E-state index < -0.39 is 0 Å². The van der Waals surface area contributed by atoms with Crippen LogP contribution in [0.2, 0.25) is 0 Å². The summed E-state index contributed by atoms with van der Waals surface area (Å²) < 4.78 is 0. The first kappa shape index (κ1) is 8.74. The Balaban J connectivity index is 2.96. The van der Waals surface area contributed by atoms with E-state index in [9.17, 15) is 0 Å². The molecule has 1 aromatic rings. The molecule has 3 heteroatoms. The summed E-state index contributed by atoms with van der Waals surface area (Å²) in [6, 6.07) is 7.68. The number of aryl methyl sites for hydroxylation is 1. The summed E-state index contributed by atoms with van der Waals surface area (Å²) in [6.07, 6.45) is 0. The second-order valence-electron chi connectivity index (χ2n) is 2.62. The highest BCUT2D eigenvalue weighted by atomic mass is 16.4. The Hall–Kier alpha value is -1.35. The van der Waals surface area contributed by atoms with Gasteiger partial charge in [-0.2, -0.15) is 0 Å². The van der Waals surface area contributed by atoms with E-state index in [4.69, 9.17) is 10.9 Å². The fraction of sp³-hybridized carbons (Fsp3) is 0.222. The van der Waals surface area contributed by atoms with E-state index in [1.807, 2.05) is 31.2 Å². The van der Waals surface area contributed by atoms with Crippen molar-refractivity contribution in [2.75, 3.05) is 6.54 Å². The number of hydrogen-bond acceptors (Lipinski definition) is 3. The summed E-state index contributed by atoms with van der Waals surface area (Å²) in [4.78, 5) is 0. The molecule has 12 heavy (non-hydrogen) atoms. The molecular weight excluding hydrogens is 152 g/mol. The number of hydrogen-bond donors (Lipinski definition) is 2. The third-order valence-corrected chi connectivity index (χ3v) is 1.70. The van der Waals surface area contributed by atoms with Gasteiger partial charge in [0.1, 0.15) is 5.71 Å². The van der Waals surface area contributed by atoms with Crippen LogP contribution in [0.1, 0.15) is 11.1 Å². The van der Waals surface area contributed by atoms with Crippen LogP contribution in [0.4, 0.5) is 0 Å². The van der Waals surface area contributed by atoms with Gasteiger partial charge < -0.3 is 10.9 Å². The van der Waals surface area contributed by atoms with Crippen molar-refractivity contribution >= 4 is 5.71 Å². The minimum Gasteiger partial charge on any atom is -0.411 e. The van der Waals surface area contributed by atoms with Gasteiger partial charge in [0.05, 0.1) is 0 Å². The van der Waals surface area contributed by atoms with Crippen LogP contribution in [-0.4, -0.2) is 17.5 Å². The first-order chi connectivity index (χ1) is 5.77. The molecule has 1 rings (SSSR count). The van der Waals surface area contributed by atoms with E-state index >= 15 is 0 Å². The van der Waals surface area contributed by atoms with Crippen molar-refractivity contribution in [1.29, 1.82) is 0 Å². The Bertz CT molecular complexity index is 277. The van der Waals surface area contributed by atoms with Crippen LogP contribution in [-0.2, 0) is 0 Å². The molecule has 64 valence electrons. The maximum absolute atomic E-state index is 8.56. The molecular formula is C9H12N2O. The van der Waals surface area contributed by atoms with Crippen LogP contribution in [0, 0.1) is 6.92 Å². The summed E-state index contributed by atoms with van der Waals surface area (Å²) in [5, 5.41) is 11.7. The molecule has 0 aliphatic heterocycles. The first-order valence-corrected chi connectivity index (χ1v) is 3.76. The lowest BCUT2D eigenvalue weighted by atomic mass is 10.1. The van der Waals surface area contributed by atoms with E-state index in [1.165, 1.54) is 5.56 Å². The zero-order valence-corrected chi connectivity index (χ0v) is 6.99. The second kappa shape index (κ2) is 3.88. The molecule has 0 saturated carbocycles. The topological polar surface area (TPSA) is 58.6 Å². The predicted molar refractivity (Wildman–Crippen MR) is 48.6 cm³/mol. The van der Waals surface area contributed by atoms with Crippen molar-refractivity contribution in [3.63, 3.8) is 0 Å². The van der Waals surface area contributed by atoms with Gasteiger partial charge in [-0.1, -0.05) is 35.0 Å². The summed E-state index contributed by atoms with van der Waals surface area (Å²) in [7, 11) is 0. The van der Waals surface area contributed by atoms with Crippen LogP contribution in [0.3, 0.4) is 0 Å². The maximum Gasteiger partial charge on any atom is 0.100 e. The minimum atomic E-state index is 0.250. The highest BCUT2D eigenvalue weighted by Gasteiger charge is 1.99. The van der Waals surface area contributed by atoms with Gasteiger partial charge in [-0.15, -0.1) is 0 Å². The minimum absolute atomic E-state index is 0.250. The zero-order valence-electron chi connectivity index (χ0n) is 6.99.